The van der Waals surface area contributed by atoms with Crippen LogP contribution in [-0.4, -0.2) is 53.6 Å². The van der Waals surface area contributed by atoms with Crippen LogP contribution in [0, 0.1) is 11.7 Å². The summed E-state index contributed by atoms with van der Waals surface area (Å²) in [6.07, 6.45) is 5.98. The van der Waals surface area contributed by atoms with Gasteiger partial charge in [0.2, 0.25) is 5.95 Å². The second-order valence-electron chi connectivity index (χ2n) is 8.13. The van der Waals surface area contributed by atoms with Gasteiger partial charge >= 0.3 is 0 Å². The summed E-state index contributed by atoms with van der Waals surface area (Å²) in [5, 5.41) is 6.88. The van der Waals surface area contributed by atoms with Crippen LogP contribution < -0.4 is 10.2 Å². The minimum absolute atomic E-state index is 0.394. The quantitative estimate of drug-likeness (QED) is 0.658. The number of hydrogen-bond donors (Lipinski definition) is 1. The summed E-state index contributed by atoms with van der Waals surface area (Å²) in [7, 11) is 0. The SMILES string of the molecule is Fc1cnc(NC2CC(CCN3CCN(c4cccc5sccc45)CC3)C2)nc1. The predicted molar refractivity (Wildman–Crippen MR) is 117 cm³/mol. The molecule has 152 valence electrons. The van der Waals surface area contributed by atoms with Crippen LogP contribution in [0.2, 0.25) is 0 Å². The van der Waals surface area contributed by atoms with Gasteiger partial charge in [0.25, 0.3) is 0 Å². The van der Waals surface area contributed by atoms with Gasteiger partial charge in [-0.3, -0.25) is 4.90 Å². The summed E-state index contributed by atoms with van der Waals surface area (Å²) in [6.45, 7) is 5.66. The first-order chi connectivity index (χ1) is 14.2. The highest BCUT2D eigenvalue weighted by Gasteiger charge is 2.30. The molecule has 3 aromatic rings. The molecule has 0 unspecified atom stereocenters. The molecule has 1 aliphatic heterocycles. The highest BCUT2D eigenvalue weighted by atomic mass is 32.1. The summed E-state index contributed by atoms with van der Waals surface area (Å²) in [5.41, 5.74) is 1.39. The number of benzene rings is 1. The predicted octanol–water partition coefficient (Wildman–Crippen LogP) is 4.23. The molecule has 2 aromatic heterocycles. The Hall–Kier alpha value is -2.25. The minimum atomic E-state index is -0.394. The first-order valence-electron chi connectivity index (χ1n) is 10.4. The monoisotopic (exact) mass is 411 g/mol. The standard InChI is InChI=1S/C22H26FN5S/c23-17-14-24-22(25-15-17)26-18-12-16(13-18)4-6-27-7-9-28(10-8-27)20-2-1-3-21-19(20)5-11-29-21/h1-3,5,11,14-16,18H,4,6-10,12-13H2,(H,24,25,26). The van der Waals surface area contributed by atoms with Crippen molar-refractivity contribution in [3.63, 3.8) is 0 Å². The van der Waals surface area contributed by atoms with Crippen molar-refractivity contribution in [1.29, 1.82) is 0 Å². The molecular weight excluding hydrogens is 385 g/mol. The van der Waals surface area contributed by atoms with Gasteiger partial charge in [-0.15, -0.1) is 11.3 Å². The molecule has 1 aliphatic carbocycles. The van der Waals surface area contributed by atoms with Crippen molar-refractivity contribution in [3.8, 4) is 0 Å². The Labute approximate surface area is 174 Å². The van der Waals surface area contributed by atoms with Crippen LogP contribution in [0.4, 0.5) is 16.0 Å². The van der Waals surface area contributed by atoms with Gasteiger partial charge in [0, 0.05) is 48.0 Å². The first kappa shape index (κ1) is 18.8. The fourth-order valence-corrected chi connectivity index (χ4v) is 5.30. The van der Waals surface area contributed by atoms with Gasteiger partial charge in [-0.2, -0.15) is 0 Å². The van der Waals surface area contributed by atoms with Crippen molar-refractivity contribution in [2.75, 3.05) is 42.9 Å². The van der Waals surface area contributed by atoms with E-state index in [4.69, 9.17) is 0 Å². The average molecular weight is 412 g/mol. The van der Waals surface area contributed by atoms with Crippen LogP contribution in [0.25, 0.3) is 10.1 Å². The van der Waals surface area contributed by atoms with E-state index in [9.17, 15) is 4.39 Å². The topological polar surface area (TPSA) is 44.3 Å². The van der Waals surface area contributed by atoms with Crippen molar-refractivity contribution >= 4 is 33.1 Å². The zero-order valence-corrected chi connectivity index (χ0v) is 17.2. The number of nitrogens with zero attached hydrogens (tertiary/aromatic N) is 4. The average Bonchev–Trinajstić information content (AvgIpc) is 3.20. The smallest absolute Gasteiger partial charge is 0.222 e. The first-order valence-corrected chi connectivity index (χ1v) is 11.3. The molecule has 0 spiro atoms. The van der Waals surface area contributed by atoms with Crippen molar-refractivity contribution in [1.82, 2.24) is 14.9 Å². The van der Waals surface area contributed by atoms with E-state index < -0.39 is 5.82 Å². The number of nitrogens with one attached hydrogen (secondary N) is 1. The fourth-order valence-electron chi connectivity index (χ4n) is 4.49. The van der Waals surface area contributed by atoms with E-state index in [-0.39, 0.29) is 0 Å². The molecule has 7 heteroatoms. The van der Waals surface area contributed by atoms with Gasteiger partial charge in [0.05, 0.1) is 12.4 Å². The van der Waals surface area contributed by atoms with Gasteiger partial charge in [-0.25, -0.2) is 14.4 Å². The van der Waals surface area contributed by atoms with E-state index in [0.29, 0.717) is 12.0 Å². The molecule has 1 aromatic carbocycles. The molecule has 0 amide bonds. The van der Waals surface area contributed by atoms with Crippen molar-refractivity contribution in [2.24, 2.45) is 5.92 Å². The van der Waals surface area contributed by atoms with Gasteiger partial charge < -0.3 is 10.2 Å². The lowest BCUT2D eigenvalue weighted by molar-refractivity contribution is 0.195. The number of anilines is 2. The molecule has 0 bridgehead atoms. The zero-order valence-electron chi connectivity index (χ0n) is 16.4. The molecule has 1 saturated heterocycles. The molecular formula is C22H26FN5S. The molecule has 5 rings (SSSR count). The molecule has 2 aliphatic rings. The van der Waals surface area contributed by atoms with Crippen molar-refractivity contribution in [2.45, 2.75) is 25.3 Å². The molecule has 0 atom stereocenters. The second-order valence-corrected chi connectivity index (χ2v) is 9.08. The lowest BCUT2D eigenvalue weighted by atomic mass is 9.78. The normalized spacial score (nSPS) is 22.6. The molecule has 2 fully saturated rings. The second kappa shape index (κ2) is 8.24. The zero-order chi connectivity index (χ0) is 19.6. The molecule has 29 heavy (non-hydrogen) atoms. The van der Waals surface area contributed by atoms with Crippen LogP contribution >= 0.6 is 11.3 Å². The van der Waals surface area contributed by atoms with E-state index in [2.05, 4.69) is 54.7 Å². The van der Waals surface area contributed by atoms with E-state index in [1.54, 1.807) is 0 Å². The molecule has 0 radical (unpaired) electrons. The number of fused-ring (bicyclic) bond motifs is 1. The molecule has 1 N–H and O–H groups in total. The number of halogens is 1. The number of piperazine rings is 1. The maximum Gasteiger partial charge on any atom is 0.222 e. The minimum Gasteiger partial charge on any atom is -0.368 e. The summed E-state index contributed by atoms with van der Waals surface area (Å²) < 4.78 is 14.3. The van der Waals surface area contributed by atoms with Crippen LogP contribution in [0.15, 0.2) is 42.0 Å². The van der Waals surface area contributed by atoms with E-state index in [0.717, 1.165) is 44.9 Å². The van der Waals surface area contributed by atoms with Crippen LogP contribution in [0.3, 0.4) is 0 Å². The van der Waals surface area contributed by atoms with E-state index >= 15 is 0 Å². The third-order valence-corrected chi connectivity index (χ3v) is 7.11. The number of thiophene rings is 1. The summed E-state index contributed by atoms with van der Waals surface area (Å²) >= 11 is 1.82. The van der Waals surface area contributed by atoms with Gasteiger partial charge in [-0.05, 0) is 55.3 Å². The maximum absolute atomic E-state index is 12.9. The maximum atomic E-state index is 12.9. The summed E-state index contributed by atoms with van der Waals surface area (Å²) in [5.74, 6) is 0.909. The Bertz CT molecular complexity index is 945. The number of hydrogen-bond acceptors (Lipinski definition) is 6. The Morgan fingerprint density at radius 3 is 2.66 bits per heavy atom. The third-order valence-electron chi connectivity index (χ3n) is 6.23. The summed E-state index contributed by atoms with van der Waals surface area (Å²) in [4.78, 5) is 13.1. The Kier molecular flexibility index (Phi) is 5.33. The van der Waals surface area contributed by atoms with Crippen LogP contribution in [-0.2, 0) is 0 Å². The van der Waals surface area contributed by atoms with E-state index in [1.807, 2.05) is 11.3 Å². The highest BCUT2D eigenvalue weighted by Crippen LogP contribution is 2.33. The number of rotatable bonds is 6. The Balaban J connectivity index is 1.04. The Morgan fingerprint density at radius 1 is 1.07 bits per heavy atom. The molecule has 1 saturated carbocycles. The van der Waals surface area contributed by atoms with Gasteiger partial charge in [0.15, 0.2) is 5.82 Å². The van der Waals surface area contributed by atoms with Crippen molar-refractivity contribution in [3.05, 3.63) is 47.9 Å². The lowest BCUT2D eigenvalue weighted by Gasteiger charge is -2.39. The Morgan fingerprint density at radius 2 is 1.86 bits per heavy atom. The van der Waals surface area contributed by atoms with E-state index in [1.165, 1.54) is 41.1 Å². The lowest BCUT2D eigenvalue weighted by Crippen LogP contribution is -2.47. The largest absolute Gasteiger partial charge is 0.368 e. The van der Waals surface area contributed by atoms with Gasteiger partial charge in [-0.1, -0.05) is 6.07 Å². The molecule has 5 nitrogen and oxygen atoms in total. The van der Waals surface area contributed by atoms with Gasteiger partial charge in [0.1, 0.15) is 0 Å². The highest BCUT2D eigenvalue weighted by molar-refractivity contribution is 7.17. The third kappa shape index (κ3) is 4.21. The summed E-state index contributed by atoms with van der Waals surface area (Å²) in [6, 6.07) is 9.33. The van der Waals surface area contributed by atoms with Crippen molar-refractivity contribution < 1.29 is 4.39 Å². The van der Waals surface area contributed by atoms with Crippen LogP contribution in [0.5, 0.6) is 0 Å². The number of aromatic nitrogens is 2. The molecule has 3 heterocycles. The van der Waals surface area contributed by atoms with Crippen LogP contribution in [0.1, 0.15) is 19.3 Å². The fraction of sp³-hybridized carbons (Fsp3) is 0.455.